The number of hydrogen-bond donors (Lipinski definition) is 1. The highest BCUT2D eigenvalue weighted by Crippen LogP contribution is 2.23. The van der Waals surface area contributed by atoms with Gasteiger partial charge in [0.2, 0.25) is 0 Å². The molecule has 1 unspecified atom stereocenters. The van der Waals surface area contributed by atoms with E-state index in [0.717, 1.165) is 26.1 Å². The molecule has 4 nitrogen and oxygen atoms in total. The molecule has 108 valence electrons. The van der Waals surface area contributed by atoms with E-state index in [1.54, 1.807) is 0 Å². The number of nitrogens with zero attached hydrogens (tertiary/aromatic N) is 3. The number of halogens is 1. The Bertz CT molecular complexity index is 410. The molecule has 0 aliphatic carbocycles. The fourth-order valence-corrected chi connectivity index (χ4v) is 3.47. The molecule has 1 aromatic heterocycles. The highest BCUT2D eigenvalue weighted by Gasteiger charge is 2.19. The smallest absolute Gasteiger partial charge is 0.0767 e. The van der Waals surface area contributed by atoms with Gasteiger partial charge in [-0.15, -0.1) is 0 Å². The minimum Gasteiger partial charge on any atom is -0.313 e. The monoisotopic (exact) mass is 328 g/mol. The lowest BCUT2D eigenvalue weighted by Crippen LogP contribution is -2.35. The Balaban J connectivity index is 2.02. The van der Waals surface area contributed by atoms with Crippen molar-refractivity contribution in [1.82, 2.24) is 20.0 Å². The first-order valence-corrected chi connectivity index (χ1v) is 8.11. The Morgan fingerprint density at radius 2 is 2.26 bits per heavy atom. The van der Waals surface area contributed by atoms with E-state index >= 15 is 0 Å². The van der Waals surface area contributed by atoms with E-state index in [9.17, 15) is 0 Å². The molecule has 0 aromatic carbocycles. The van der Waals surface area contributed by atoms with Crippen molar-refractivity contribution < 1.29 is 0 Å². The van der Waals surface area contributed by atoms with Gasteiger partial charge in [-0.25, -0.2) is 0 Å². The van der Waals surface area contributed by atoms with Crippen LogP contribution in [0.1, 0.15) is 38.1 Å². The molecule has 1 aromatic rings. The fraction of sp³-hybridized carbons (Fsp3) is 0.786. The first-order chi connectivity index (χ1) is 9.15. The molecule has 1 aliphatic heterocycles. The highest BCUT2D eigenvalue weighted by atomic mass is 79.9. The second kappa shape index (κ2) is 6.86. The molecule has 0 spiro atoms. The van der Waals surface area contributed by atoms with Crippen molar-refractivity contribution in [1.29, 1.82) is 0 Å². The summed E-state index contributed by atoms with van der Waals surface area (Å²) in [5.74, 6) is 0. The van der Waals surface area contributed by atoms with Gasteiger partial charge in [0.05, 0.1) is 15.9 Å². The van der Waals surface area contributed by atoms with Crippen LogP contribution in [0.25, 0.3) is 0 Å². The van der Waals surface area contributed by atoms with Crippen molar-refractivity contribution in [2.45, 2.75) is 52.2 Å². The summed E-state index contributed by atoms with van der Waals surface area (Å²) in [5.41, 5.74) is 2.48. The van der Waals surface area contributed by atoms with Crippen LogP contribution < -0.4 is 5.32 Å². The topological polar surface area (TPSA) is 33.1 Å². The molecule has 1 saturated heterocycles. The van der Waals surface area contributed by atoms with Crippen LogP contribution in [-0.4, -0.2) is 40.9 Å². The minimum atomic E-state index is 0.660. The first kappa shape index (κ1) is 15.0. The fourth-order valence-electron chi connectivity index (χ4n) is 2.78. The zero-order valence-corrected chi connectivity index (χ0v) is 13.8. The van der Waals surface area contributed by atoms with Crippen molar-refractivity contribution >= 4 is 15.9 Å². The van der Waals surface area contributed by atoms with Gasteiger partial charge in [0, 0.05) is 25.7 Å². The predicted molar refractivity (Wildman–Crippen MR) is 82.3 cm³/mol. The van der Waals surface area contributed by atoms with E-state index in [4.69, 9.17) is 0 Å². The number of nitrogens with one attached hydrogen (secondary N) is 1. The zero-order chi connectivity index (χ0) is 13.8. The van der Waals surface area contributed by atoms with Gasteiger partial charge in [0.25, 0.3) is 0 Å². The molecule has 5 heteroatoms. The van der Waals surface area contributed by atoms with Gasteiger partial charge in [0.1, 0.15) is 0 Å². The van der Waals surface area contributed by atoms with Gasteiger partial charge in [-0.05, 0) is 55.7 Å². The van der Waals surface area contributed by atoms with E-state index < -0.39 is 0 Å². The Morgan fingerprint density at radius 1 is 1.47 bits per heavy atom. The average Bonchev–Trinajstić information content (AvgIpc) is 2.99. The summed E-state index contributed by atoms with van der Waals surface area (Å²) in [4.78, 5) is 2.40. The van der Waals surface area contributed by atoms with Crippen LogP contribution >= 0.6 is 15.9 Å². The van der Waals surface area contributed by atoms with Crippen LogP contribution in [0.3, 0.4) is 0 Å². The molecule has 19 heavy (non-hydrogen) atoms. The molecule has 0 saturated carbocycles. The van der Waals surface area contributed by atoms with Crippen molar-refractivity contribution in [3.05, 3.63) is 15.9 Å². The van der Waals surface area contributed by atoms with E-state index in [2.05, 4.69) is 56.8 Å². The molecule has 1 atom stereocenters. The van der Waals surface area contributed by atoms with Gasteiger partial charge in [-0.2, -0.15) is 5.10 Å². The molecule has 0 bridgehead atoms. The molecular weight excluding hydrogens is 304 g/mol. The van der Waals surface area contributed by atoms with E-state index in [-0.39, 0.29) is 0 Å². The zero-order valence-electron chi connectivity index (χ0n) is 12.2. The van der Waals surface area contributed by atoms with Crippen molar-refractivity contribution in [3.8, 4) is 0 Å². The summed E-state index contributed by atoms with van der Waals surface area (Å²) >= 11 is 3.72. The molecule has 1 aliphatic rings. The lowest BCUT2D eigenvalue weighted by molar-refractivity contribution is 0.284. The maximum absolute atomic E-state index is 4.66. The summed E-state index contributed by atoms with van der Waals surface area (Å²) in [7, 11) is 2.20. The SMILES string of the molecule is CCc1nn(CC)c(CN(C)CC2CCCN2)c1Br. The molecule has 0 radical (unpaired) electrons. The van der Waals surface area contributed by atoms with Crippen molar-refractivity contribution in [2.24, 2.45) is 0 Å². The first-order valence-electron chi connectivity index (χ1n) is 7.31. The standard InChI is InChI=1S/C14H25BrN4/c1-4-12-14(15)13(19(5-2)17-12)10-18(3)9-11-7-6-8-16-11/h11,16H,4-10H2,1-3H3. The minimum absolute atomic E-state index is 0.660. The van der Waals surface area contributed by atoms with Crippen molar-refractivity contribution in [2.75, 3.05) is 20.1 Å². The molecule has 2 heterocycles. The lowest BCUT2D eigenvalue weighted by atomic mass is 10.2. The average molecular weight is 329 g/mol. The maximum Gasteiger partial charge on any atom is 0.0767 e. The van der Waals surface area contributed by atoms with Crippen LogP contribution in [0.15, 0.2) is 4.47 Å². The summed E-state index contributed by atoms with van der Waals surface area (Å²) in [6.07, 6.45) is 3.60. The third-order valence-corrected chi connectivity index (χ3v) is 4.72. The second-order valence-corrected chi connectivity index (χ2v) is 6.16. The van der Waals surface area contributed by atoms with Crippen LogP contribution in [0.4, 0.5) is 0 Å². The van der Waals surface area contributed by atoms with Gasteiger partial charge in [-0.3, -0.25) is 9.58 Å². The van der Waals surface area contributed by atoms with E-state index in [1.165, 1.54) is 35.2 Å². The Hall–Kier alpha value is -0.390. The van der Waals surface area contributed by atoms with Crippen LogP contribution in [0.5, 0.6) is 0 Å². The molecule has 1 fully saturated rings. The maximum atomic E-state index is 4.66. The third-order valence-electron chi connectivity index (χ3n) is 3.81. The molecule has 0 amide bonds. The van der Waals surface area contributed by atoms with Crippen LogP contribution in [0, 0.1) is 0 Å². The molecular formula is C14H25BrN4. The quantitative estimate of drug-likeness (QED) is 0.870. The van der Waals surface area contributed by atoms with Crippen LogP contribution in [-0.2, 0) is 19.5 Å². The number of hydrogen-bond acceptors (Lipinski definition) is 3. The number of aryl methyl sites for hydroxylation is 2. The number of likely N-dealkylation sites (N-methyl/N-ethyl adjacent to an activating group) is 1. The third kappa shape index (κ3) is 3.58. The summed E-state index contributed by atoms with van der Waals surface area (Å²) in [6, 6.07) is 0.660. The summed E-state index contributed by atoms with van der Waals surface area (Å²) < 4.78 is 3.32. The Kier molecular flexibility index (Phi) is 5.42. The van der Waals surface area contributed by atoms with Crippen molar-refractivity contribution in [3.63, 3.8) is 0 Å². The predicted octanol–water partition coefficient (Wildman–Crippen LogP) is 2.41. The normalized spacial score (nSPS) is 19.5. The van der Waals surface area contributed by atoms with Crippen LogP contribution in [0.2, 0.25) is 0 Å². The van der Waals surface area contributed by atoms with Gasteiger partial charge in [0.15, 0.2) is 0 Å². The molecule has 1 N–H and O–H groups in total. The largest absolute Gasteiger partial charge is 0.313 e. The van der Waals surface area contributed by atoms with E-state index in [0.29, 0.717) is 6.04 Å². The Morgan fingerprint density at radius 3 is 2.84 bits per heavy atom. The summed E-state index contributed by atoms with van der Waals surface area (Å²) in [6.45, 7) is 8.49. The second-order valence-electron chi connectivity index (χ2n) is 5.37. The Labute approximate surface area is 124 Å². The molecule has 2 rings (SSSR count). The summed E-state index contributed by atoms with van der Waals surface area (Å²) in [5, 5.41) is 8.22. The van der Waals surface area contributed by atoms with Gasteiger partial charge >= 0.3 is 0 Å². The lowest BCUT2D eigenvalue weighted by Gasteiger charge is -2.21. The van der Waals surface area contributed by atoms with Gasteiger partial charge < -0.3 is 5.32 Å². The number of rotatable bonds is 6. The highest BCUT2D eigenvalue weighted by molar-refractivity contribution is 9.10. The van der Waals surface area contributed by atoms with E-state index in [1.807, 2.05) is 0 Å². The number of aromatic nitrogens is 2. The van der Waals surface area contributed by atoms with Gasteiger partial charge in [-0.1, -0.05) is 6.92 Å².